The number of carbonyl (C=O) groups is 2. The smallest absolute Gasteiger partial charge is 0.188 e. The first-order chi connectivity index (χ1) is 13.0. The molecule has 0 spiro atoms. The van der Waals surface area contributed by atoms with E-state index in [0.717, 1.165) is 25.7 Å². The molecule has 0 aromatic rings. The van der Waals surface area contributed by atoms with Crippen LogP contribution in [0.25, 0.3) is 0 Å². The third kappa shape index (κ3) is 8.83. The minimum Gasteiger partial charge on any atom is -0.392 e. The molecule has 0 aromatic carbocycles. The van der Waals surface area contributed by atoms with Crippen LogP contribution in [-0.4, -0.2) is 23.3 Å². The van der Waals surface area contributed by atoms with Crippen LogP contribution in [-0.2, 0) is 9.59 Å². The zero-order chi connectivity index (χ0) is 20.1. The lowest BCUT2D eigenvalue weighted by atomic mass is 9.83. The quantitative estimate of drug-likeness (QED) is 0.240. The maximum absolute atomic E-state index is 12.7. The highest BCUT2D eigenvalue weighted by atomic mass is 16.3. The summed E-state index contributed by atoms with van der Waals surface area (Å²) in [7, 11) is 0. The van der Waals surface area contributed by atoms with Gasteiger partial charge in [-0.25, -0.2) is 0 Å². The minimum absolute atomic E-state index is 0.0352. The van der Waals surface area contributed by atoms with Gasteiger partial charge < -0.3 is 5.11 Å². The maximum atomic E-state index is 12.7. The largest absolute Gasteiger partial charge is 0.392 e. The number of allylic oxidation sites excluding steroid dienone is 5. The molecular weight excluding hydrogens is 336 g/mol. The Morgan fingerprint density at radius 3 is 2.22 bits per heavy atom. The third-order valence-corrected chi connectivity index (χ3v) is 5.29. The molecule has 0 saturated heterocycles. The summed E-state index contributed by atoms with van der Waals surface area (Å²) >= 11 is 0. The molecule has 2 atom stereocenters. The van der Waals surface area contributed by atoms with Crippen molar-refractivity contribution in [2.75, 3.05) is 6.61 Å². The van der Waals surface area contributed by atoms with E-state index in [4.69, 9.17) is 0 Å². The molecule has 1 aliphatic carbocycles. The average molecular weight is 375 g/mol. The van der Waals surface area contributed by atoms with Crippen molar-refractivity contribution < 1.29 is 14.7 Å². The van der Waals surface area contributed by atoms with Gasteiger partial charge in [-0.05, 0) is 30.9 Å². The van der Waals surface area contributed by atoms with E-state index < -0.39 is 0 Å². The van der Waals surface area contributed by atoms with Crippen molar-refractivity contribution in [3.8, 4) is 0 Å². The predicted molar refractivity (Wildman–Crippen MR) is 113 cm³/mol. The SMILES string of the molecule is CCCCCCCCC(C=CC(C)CCCC)C1=CC(=O)C=C(CO)C1=O. The first-order valence-electron chi connectivity index (χ1n) is 10.8. The molecule has 152 valence electrons. The summed E-state index contributed by atoms with van der Waals surface area (Å²) in [5, 5.41) is 9.40. The Labute approximate surface area is 165 Å². The number of aliphatic hydroxyl groups is 1. The maximum Gasteiger partial charge on any atom is 0.188 e. The zero-order valence-electron chi connectivity index (χ0n) is 17.5. The summed E-state index contributed by atoms with van der Waals surface area (Å²) in [6.07, 6.45) is 18.7. The summed E-state index contributed by atoms with van der Waals surface area (Å²) in [4.78, 5) is 24.6. The van der Waals surface area contributed by atoms with Gasteiger partial charge in [0.2, 0.25) is 0 Å². The van der Waals surface area contributed by atoms with Crippen molar-refractivity contribution in [1.82, 2.24) is 0 Å². The van der Waals surface area contributed by atoms with Gasteiger partial charge in [-0.3, -0.25) is 9.59 Å². The number of rotatable bonds is 14. The van der Waals surface area contributed by atoms with E-state index in [1.54, 1.807) is 0 Å². The van der Waals surface area contributed by atoms with Crippen LogP contribution in [0.2, 0.25) is 0 Å². The van der Waals surface area contributed by atoms with Gasteiger partial charge in [0.25, 0.3) is 0 Å². The van der Waals surface area contributed by atoms with Gasteiger partial charge in [0.15, 0.2) is 11.6 Å². The van der Waals surface area contributed by atoms with Crippen molar-refractivity contribution in [2.45, 2.75) is 85.0 Å². The lowest BCUT2D eigenvalue weighted by Crippen LogP contribution is -2.21. The van der Waals surface area contributed by atoms with Crippen LogP contribution in [0.1, 0.15) is 85.0 Å². The van der Waals surface area contributed by atoms with E-state index in [0.29, 0.717) is 11.5 Å². The van der Waals surface area contributed by atoms with Crippen LogP contribution in [0, 0.1) is 11.8 Å². The monoisotopic (exact) mass is 374 g/mol. The van der Waals surface area contributed by atoms with Crippen LogP contribution < -0.4 is 0 Å². The van der Waals surface area contributed by atoms with E-state index in [1.165, 1.54) is 50.7 Å². The molecule has 1 aliphatic rings. The van der Waals surface area contributed by atoms with Crippen LogP contribution in [0.4, 0.5) is 0 Å². The summed E-state index contributed by atoms with van der Waals surface area (Å²) in [5.74, 6) is 0.0831. The second kappa shape index (κ2) is 13.7. The molecule has 3 heteroatoms. The van der Waals surface area contributed by atoms with Gasteiger partial charge in [0.1, 0.15) is 0 Å². The Morgan fingerprint density at radius 1 is 0.889 bits per heavy atom. The van der Waals surface area contributed by atoms with Gasteiger partial charge in [0.05, 0.1) is 6.61 Å². The summed E-state index contributed by atoms with van der Waals surface area (Å²) in [5.41, 5.74) is 0.775. The summed E-state index contributed by atoms with van der Waals surface area (Å²) in [6.45, 7) is 6.24. The number of Topliss-reactive ketones (excluding diaryl/α,β-unsaturated/α-hetero) is 1. The molecule has 27 heavy (non-hydrogen) atoms. The molecule has 0 fully saturated rings. The fourth-order valence-electron chi connectivity index (χ4n) is 3.52. The van der Waals surface area contributed by atoms with E-state index in [1.807, 2.05) is 0 Å². The van der Waals surface area contributed by atoms with Crippen molar-refractivity contribution in [3.63, 3.8) is 0 Å². The van der Waals surface area contributed by atoms with E-state index in [9.17, 15) is 14.7 Å². The van der Waals surface area contributed by atoms with E-state index in [-0.39, 0.29) is 29.7 Å². The number of unbranched alkanes of at least 4 members (excludes halogenated alkanes) is 6. The topological polar surface area (TPSA) is 54.4 Å². The van der Waals surface area contributed by atoms with Crippen molar-refractivity contribution in [2.24, 2.45) is 11.8 Å². The Morgan fingerprint density at radius 2 is 1.56 bits per heavy atom. The molecule has 1 N–H and O–H groups in total. The number of ketones is 2. The highest BCUT2D eigenvalue weighted by molar-refractivity contribution is 6.20. The first kappa shape index (κ1) is 23.6. The van der Waals surface area contributed by atoms with E-state index in [2.05, 4.69) is 32.9 Å². The van der Waals surface area contributed by atoms with Crippen molar-refractivity contribution in [3.05, 3.63) is 35.5 Å². The lowest BCUT2D eigenvalue weighted by Gasteiger charge is -2.20. The Kier molecular flexibility index (Phi) is 11.9. The van der Waals surface area contributed by atoms with E-state index >= 15 is 0 Å². The number of hydrogen-bond acceptors (Lipinski definition) is 3. The molecule has 0 bridgehead atoms. The predicted octanol–water partition coefficient (Wildman–Crippen LogP) is 5.73. The number of carbonyl (C=O) groups excluding carboxylic acids is 2. The molecule has 1 rings (SSSR count). The Hall–Kier alpha value is -1.48. The number of aliphatic hydroxyl groups excluding tert-OH is 1. The fraction of sp³-hybridized carbons (Fsp3) is 0.667. The second-order valence-electron chi connectivity index (χ2n) is 7.83. The van der Waals surface area contributed by atoms with Gasteiger partial charge >= 0.3 is 0 Å². The van der Waals surface area contributed by atoms with Gasteiger partial charge in [-0.2, -0.15) is 0 Å². The van der Waals surface area contributed by atoms with Crippen molar-refractivity contribution in [1.29, 1.82) is 0 Å². The molecule has 2 unspecified atom stereocenters. The standard InChI is InChI=1S/C24H38O3/c1-4-6-8-9-10-11-13-20(15-14-19(3)12-7-5-2)23-17-22(26)16-21(18-25)24(23)27/h14-17,19-20,25H,4-13,18H2,1-3H3. The van der Waals surface area contributed by atoms with Crippen molar-refractivity contribution >= 4 is 11.6 Å². The molecule has 0 heterocycles. The fourth-order valence-corrected chi connectivity index (χ4v) is 3.52. The number of hydrogen-bond donors (Lipinski definition) is 1. The van der Waals surface area contributed by atoms with Gasteiger partial charge in [-0.1, -0.05) is 84.3 Å². The highest BCUT2D eigenvalue weighted by Crippen LogP contribution is 2.27. The van der Waals surface area contributed by atoms with Crippen LogP contribution >= 0.6 is 0 Å². The Bertz CT molecular complexity index is 554. The lowest BCUT2D eigenvalue weighted by molar-refractivity contribution is -0.116. The summed E-state index contributed by atoms with van der Waals surface area (Å²) < 4.78 is 0. The summed E-state index contributed by atoms with van der Waals surface area (Å²) in [6, 6.07) is 0. The molecule has 3 nitrogen and oxygen atoms in total. The molecule has 0 aromatic heterocycles. The second-order valence-corrected chi connectivity index (χ2v) is 7.83. The highest BCUT2D eigenvalue weighted by Gasteiger charge is 2.26. The third-order valence-electron chi connectivity index (χ3n) is 5.29. The van der Waals surface area contributed by atoms with Gasteiger partial charge in [0, 0.05) is 17.1 Å². The molecule has 0 saturated carbocycles. The average Bonchev–Trinajstić information content (AvgIpc) is 2.66. The minimum atomic E-state index is -0.373. The molecular formula is C24H38O3. The van der Waals surface area contributed by atoms with Crippen LogP contribution in [0.5, 0.6) is 0 Å². The molecule has 0 radical (unpaired) electrons. The first-order valence-corrected chi connectivity index (χ1v) is 10.8. The molecule has 0 aliphatic heterocycles. The normalized spacial score (nSPS) is 17.2. The van der Waals surface area contributed by atoms with Crippen LogP contribution in [0.3, 0.4) is 0 Å². The zero-order valence-corrected chi connectivity index (χ0v) is 17.5. The van der Waals surface area contributed by atoms with Gasteiger partial charge in [-0.15, -0.1) is 0 Å². The van der Waals surface area contributed by atoms with Crippen LogP contribution in [0.15, 0.2) is 35.5 Å². The Balaban J connectivity index is 2.79. The molecule has 0 amide bonds.